The molecular formula is C14H21N5O4. The average molecular weight is 323 g/mol. The summed E-state index contributed by atoms with van der Waals surface area (Å²) in [5.74, 6) is 0.326. The van der Waals surface area contributed by atoms with Crippen LogP contribution in [0.15, 0.2) is 11.0 Å². The van der Waals surface area contributed by atoms with Gasteiger partial charge < -0.3 is 19.8 Å². The number of amides is 1. The molecule has 2 aromatic heterocycles. The van der Waals surface area contributed by atoms with E-state index in [4.69, 9.17) is 9.47 Å². The third kappa shape index (κ3) is 4.52. The van der Waals surface area contributed by atoms with Gasteiger partial charge in [0.15, 0.2) is 5.65 Å². The standard InChI is InChI=1S/C14H21N5O4/c1-14(2,3)23-13(21)15-8-10-17-11-9(12(20)18-10)7-16-19(11)5-6-22-4/h7H,5-6,8H2,1-4H3,(H,15,21)(H,17,18,20). The number of aromatic amines is 1. The molecule has 126 valence electrons. The number of ether oxygens (including phenoxy) is 2. The van der Waals surface area contributed by atoms with E-state index in [1.54, 1.807) is 32.6 Å². The first-order valence-electron chi connectivity index (χ1n) is 7.20. The van der Waals surface area contributed by atoms with Crippen molar-refractivity contribution in [3.8, 4) is 0 Å². The topological polar surface area (TPSA) is 111 Å². The molecule has 23 heavy (non-hydrogen) atoms. The van der Waals surface area contributed by atoms with Crippen LogP contribution in [0.1, 0.15) is 26.6 Å². The van der Waals surface area contributed by atoms with Crippen LogP contribution in [-0.4, -0.2) is 45.2 Å². The van der Waals surface area contributed by atoms with Crippen molar-refractivity contribution in [1.29, 1.82) is 0 Å². The molecule has 9 nitrogen and oxygen atoms in total. The first-order chi connectivity index (χ1) is 10.8. The molecule has 9 heteroatoms. The van der Waals surface area contributed by atoms with Crippen molar-refractivity contribution in [2.75, 3.05) is 13.7 Å². The number of aromatic nitrogens is 4. The van der Waals surface area contributed by atoms with Crippen molar-refractivity contribution in [2.24, 2.45) is 0 Å². The monoisotopic (exact) mass is 323 g/mol. The van der Waals surface area contributed by atoms with Crippen LogP contribution in [0.2, 0.25) is 0 Å². The Morgan fingerprint density at radius 1 is 1.43 bits per heavy atom. The van der Waals surface area contributed by atoms with Gasteiger partial charge in [0.1, 0.15) is 16.8 Å². The molecule has 0 saturated carbocycles. The Labute approximate surface area is 133 Å². The summed E-state index contributed by atoms with van der Waals surface area (Å²) in [6.45, 7) is 6.30. The molecule has 0 atom stereocenters. The van der Waals surface area contributed by atoms with E-state index in [2.05, 4.69) is 20.4 Å². The molecule has 0 radical (unpaired) electrons. The fourth-order valence-corrected chi connectivity index (χ4v) is 1.91. The molecule has 2 rings (SSSR count). The number of nitrogens with one attached hydrogen (secondary N) is 2. The third-order valence-corrected chi connectivity index (χ3v) is 2.86. The molecule has 1 amide bonds. The van der Waals surface area contributed by atoms with Crippen molar-refractivity contribution >= 4 is 17.1 Å². The zero-order chi connectivity index (χ0) is 17.0. The Kier molecular flexibility index (Phi) is 4.99. The van der Waals surface area contributed by atoms with Crippen LogP contribution in [-0.2, 0) is 22.6 Å². The van der Waals surface area contributed by atoms with Crippen molar-refractivity contribution in [3.05, 3.63) is 22.4 Å². The molecule has 0 aliphatic rings. The molecule has 2 heterocycles. The molecule has 2 N–H and O–H groups in total. The summed E-state index contributed by atoms with van der Waals surface area (Å²) in [5, 5.41) is 7.07. The van der Waals surface area contributed by atoms with Crippen LogP contribution in [0.4, 0.5) is 4.79 Å². The van der Waals surface area contributed by atoms with E-state index in [-0.39, 0.29) is 12.1 Å². The smallest absolute Gasteiger partial charge is 0.408 e. The number of fused-ring (bicyclic) bond motifs is 1. The zero-order valence-corrected chi connectivity index (χ0v) is 13.7. The van der Waals surface area contributed by atoms with Gasteiger partial charge in [-0.15, -0.1) is 0 Å². The van der Waals surface area contributed by atoms with Crippen LogP contribution in [0.25, 0.3) is 11.0 Å². The third-order valence-electron chi connectivity index (χ3n) is 2.86. The van der Waals surface area contributed by atoms with Gasteiger partial charge in [-0.25, -0.2) is 14.5 Å². The maximum absolute atomic E-state index is 12.0. The Morgan fingerprint density at radius 3 is 2.83 bits per heavy atom. The highest BCUT2D eigenvalue weighted by Gasteiger charge is 2.16. The lowest BCUT2D eigenvalue weighted by atomic mass is 10.2. The van der Waals surface area contributed by atoms with E-state index < -0.39 is 11.7 Å². The van der Waals surface area contributed by atoms with Gasteiger partial charge in [0.2, 0.25) is 0 Å². The van der Waals surface area contributed by atoms with Crippen LogP contribution in [0, 0.1) is 0 Å². The summed E-state index contributed by atoms with van der Waals surface area (Å²) in [7, 11) is 1.59. The summed E-state index contributed by atoms with van der Waals surface area (Å²) < 4.78 is 11.7. The predicted octanol–water partition coefficient (Wildman–Crippen LogP) is 0.791. The first kappa shape index (κ1) is 16.9. The Balaban J connectivity index is 2.15. The number of carbonyl (C=O) groups excluding carboxylic acids is 1. The number of rotatable bonds is 5. The minimum Gasteiger partial charge on any atom is -0.444 e. The van der Waals surface area contributed by atoms with Gasteiger partial charge >= 0.3 is 6.09 Å². The Bertz CT molecular complexity index is 744. The second kappa shape index (κ2) is 6.78. The predicted molar refractivity (Wildman–Crippen MR) is 83.1 cm³/mol. The summed E-state index contributed by atoms with van der Waals surface area (Å²) in [6, 6.07) is 0. The van der Waals surface area contributed by atoms with Crippen molar-refractivity contribution in [3.63, 3.8) is 0 Å². The van der Waals surface area contributed by atoms with Gasteiger partial charge in [-0.05, 0) is 20.8 Å². The van der Waals surface area contributed by atoms with Crippen LogP contribution in [0.3, 0.4) is 0 Å². The average Bonchev–Trinajstić information content (AvgIpc) is 2.85. The van der Waals surface area contributed by atoms with Gasteiger partial charge in [-0.2, -0.15) is 5.10 Å². The summed E-state index contributed by atoms with van der Waals surface area (Å²) in [4.78, 5) is 30.6. The second-order valence-corrected chi connectivity index (χ2v) is 5.97. The fraction of sp³-hybridized carbons (Fsp3) is 0.571. The molecule has 2 aromatic rings. The minimum absolute atomic E-state index is 0.0511. The molecule has 0 aliphatic heterocycles. The molecule has 0 aromatic carbocycles. The summed E-state index contributed by atoms with van der Waals surface area (Å²) >= 11 is 0. The van der Waals surface area contributed by atoms with Crippen molar-refractivity contribution < 1.29 is 14.3 Å². The quantitative estimate of drug-likeness (QED) is 0.841. The maximum Gasteiger partial charge on any atom is 0.408 e. The van der Waals surface area contributed by atoms with E-state index in [1.807, 2.05) is 0 Å². The van der Waals surface area contributed by atoms with Gasteiger partial charge in [-0.3, -0.25) is 4.79 Å². The highest BCUT2D eigenvalue weighted by molar-refractivity contribution is 5.73. The Hall–Kier alpha value is -2.42. The van der Waals surface area contributed by atoms with E-state index in [0.29, 0.717) is 30.0 Å². The largest absolute Gasteiger partial charge is 0.444 e. The van der Waals surface area contributed by atoms with E-state index in [9.17, 15) is 9.59 Å². The number of H-pyrrole nitrogens is 1. The van der Waals surface area contributed by atoms with Gasteiger partial charge in [-0.1, -0.05) is 0 Å². The van der Waals surface area contributed by atoms with Crippen molar-refractivity contribution in [1.82, 2.24) is 25.1 Å². The number of alkyl carbamates (subject to hydrolysis) is 1. The first-order valence-corrected chi connectivity index (χ1v) is 7.20. The Morgan fingerprint density at radius 2 is 2.17 bits per heavy atom. The fourth-order valence-electron chi connectivity index (χ4n) is 1.91. The number of hydrogen-bond donors (Lipinski definition) is 2. The zero-order valence-electron chi connectivity index (χ0n) is 13.7. The molecule has 0 spiro atoms. The van der Waals surface area contributed by atoms with E-state index in [1.165, 1.54) is 6.20 Å². The maximum atomic E-state index is 12.0. The van der Waals surface area contributed by atoms with Crippen LogP contribution in [0.5, 0.6) is 0 Å². The normalized spacial score (nSPS) is 11.7. The van der Waals surface area contributed by atoms with Gasteiger partial charge in [0, 0.05) is 7.11 Å². The van der Waals surface area contributed by atoms with Gasteiger partial charge in [0.05, 0.1) is 25.9 Å². The molecule has 0 bridgehead atoms. The summed E-state index contributed by atoms with van der Waals surface area (Å²) in [5.41, 5.74) is -0.445. The minimum atomic E-state index is -0.590. The highest BCUT2D eigenvalue weighted by Crippen LogP contribution is 2.08. The lowest BCUT2D eigenvalue weighted by Gasteiger charge is -2.19. The van der Waals surface area contributed by atoms with Crippen LogP contribution < -0.4 is 10.9 Å². The molecular weight excluding hydrogens is 302 g/mol. The number of methoxy groups -OCH3 is 1. The summed E-state index contributed by atoms with van der Waals surface area (Å²) in [6.07, 6.45) is 0.884. The molecule has 0 saturated heterocycles. The van der Waals surface area contributed by atoms with Crippen LogP contribution >= 0.6 is 0 Å². The molecule has 0 aliphatic carbocycles. The molecule has 0 fully saturated rings. The number of carbonyl (C=O) groups is 1. The number of nitrogens with zero attached hydrogens (tertiary/aromatic N) is 3. The van der Waals surface area contributed by atoms with E-state index >= 15 is 0 Å². The molecule has 0 unspecified atom stereocenters. The van der Waals surface area contributed by atoms with Gasteiger partial charge in [0.25, 0.3) is 5.56 Å². The lowest BCUT2D eigenvalue weighted by Crippen LogP contribution is -2.33. The highest BCUT2D eigenvalue weighted by atomic mass is 16.6. The second-order valence-electron chi connectivity index (χ2n) is 5.97. The SMILES string of the molecule is COCCn1ncc2c(=O)[nH]c(CNC(=O)OC(C)(C)C)nc21. The van der Waals surface area contributed by atoms with Crippen molar-refractivity contribution in [2.45, 2.75) is 39.5 Å². The lowest BCUT2D eigenvalue weighted by molar-refractivity contribution is 0.0522. The number of hydrogen-bond acceptors (Lipinski definition) is 6. The van der Waals surface area contributed by atoms with E-state index in [0.717, 1.165) is 0 Å².